The lowest BCUT2D eigenvalue weighted by Gasteiger charge is -2.22. The highest BCUT2D eigenvalue weighted by molar-refractivity contribution is 5.89. The maximum absolute atomic E-state index is 13.9. The van der Waals surface area contributed by atoms with Gasteiger partial charge in [-0.05, 0) is 5.56 Å². The first-order chi connectivity index (χ1) is 11.5. The van der Waals surface area contributed by atoms with Crippen molar-refractivity contribution in [1.82, 2.24) is 4.90 Å². The Labute approximate surface area is 138 Å². The molecule has 0 atom stereocenters. The number of nitrogens with one attached hydrogen (secondary N) is 1. The largest absolute Gasteiger partial charge is 0.494 e. The number of aliphatic hydroxyl groups excluding tert-OH is 1. The number of halogens is 2. The number of carbonyl (C=O) groups excluding carboxylic acids is 1. The van der Waals surface area contributed by atoms with Crippen LogP contribution in [0.25, 0.3) is 0 Å². The summed E-state index contributed by atoms with van der Waals surface area (Å²) in [5.41, 5.74) is 0.553. The van der Waals surface area contributed by atoms with E-state index in [1.807, 2.05) is 30.3 Å². The van der Waals surface area contributed by atoms with Gasteiger partial charge in [-0.15, -0.1) is 0 Å². The van der Waals surface area contributed by atoms with Crippen LogP contribution in [0.3, 0.4) is 0 Å². The van der Waals surface area contributed by atoms with Crippen LogP contribution in [0, 0.1) is 11.6 Å². The summed E-state index contributed by atoms with van der Waals surface area (Å²) >= 11 is 0. The van der Waals surface area contributed by atoms with Crippen molar-refractivity contribution in [3.8, 4) is 5.75 Å². The summed E-state index contributed by atoms with van der Waals surface area (Å²) in [4.78, 5) is 13.6. The molecule has 2 aromatic rings. The molecule has 0 aliphatic rings. The van der Waals surface area contributed by atoms with Gasteiger partial charge in [0, 0.05) is 25.2 Å². The number of urea groups is 1. The first kappa shape index (κ1) is 17.7. The van der Waals surface area contributed by atoms with Crippen LogP contribution in [0.5, 0.6) is 5.75 Å². The zero-order valence-corrected chi connectivity index (χ0v) is 13.1. The van der Waals surface area contributed by atoms with Gasteiger partial charge in [0.05, 0.1) is 19.4 Å². The molecule has 0 unspecified atom stereocenters. The molecule has 2 amide bonds. The molecule has 5 nitrogen and oxygen atoms in total. The number of anilines is 1. The summed E-state index contributed by atoms with van der Waals surface area (Å²) < 4.78 is 32.3. The zero-order chi connectivity index (χ0) is 17.5. The lowest BCUT2D eigenvalue weighted by atomic mass is 10.2. The number of aliphatic hydroxyl groups is 1. The van der Waals surface area contributed by atoms with Crippen LogP contribution < -0.4 is 10.1 Å². The highest BCUT2D eigenvalue weighted by atomic mass is 19.1. The molecule has 0 bridgehead atoms. The van der Waals surface area contributed by atoms with Gasteiger partial charge < -0.3 is 20.1 Å². The molecular formula is C17H18F2N2O3. The number of methoxy groups -OCH3 is 1. The van der Waals surface area contributed by atoms with E-state index < -0.39 is 17.7 Å². The van der Waals surface area contributed by atoms with Crippen molar-refractivity contribution >= 4 is 11.7 Å². The molecule has 0 fully saturated rings. The molecule has 0 radical (unpaired) electrons. The highest BCUT2D eigenvalue weighted by Crippen LogP contribution is 2.25. The van der Waals surface area contributed by atoms with Crippen LogP contribution in [-0.4, -0.2) is 36.3 Å². The maximum Gasteiger partial charge on any atom is 0.322 e. The Kier molecular flexibility index (Phi) is 6.08. The lowest BCUT2D eigenvalue weighted by Crippen LogP contribution is -2.36. The van der Waals surface area contributed by atoms with Gasteiger partial charge in [0.25, 0.3) is 0 Å². The van der Waals surface area contributed by atoms with Gasteiger partial charge in [-0.2, -0.15) is 0 Å². The zero-order valence-electron chi connectivity index (χ0n) is 13.1. The first-order valence-corrected chi connectivity index (χ1v) is 7.29. The Hall–Kier alpha value is -2.67. The fourth-order valence-electron chi connectivity index (χ4n) is 2.15. The van der Waals surface area contributed by atoms with Gasteiger partial charge in [0.1, 0.15) is 0 Å². The highest BCUT2D eigenvalue weighted by Gasteiger charge is 2.17. The van der Waals surface area contributed by atoms with Gasteiger partial charge in [0.2, 0.25) is 0 Å². The van der Waals surface area contributed by atoms with E-state index in [-0.39, 0.29) is 31.1 Å². The average Bonchev–Trinajstić information content (AvgIpc) is 2.58. The monoisotopic (exact) mass is 336 g/mol. The van der Waals surface area contributed by atoms with Crippen LogP contribution in [-0.2, 0) is 6.54 Å². The summed E-state index contributed by atoms with van der Waals surface area (Å²) in [6, 6.07) is 10.2. The van der Waals surface area contributed by atoms with Gasteiger partial charge in [0.15, 0.2) is 17.4 Å². The summed E-state index contributed by atoms with van der Waals surface area (Å²) in [7, 11) is 1.22. The Morgan fingerprint density at radius 1 is 1.21 bits per heavy atom. The van der Waals surface area contributed by atoms with Crippen LogP contribution in [0.4, 0.5) is 19.3 Å². The molecular weight excluding hydrogens is 318 g/mol. The second kappa shape index (κ2) is 8.26. The second-order valence-electron chi connectivity index (χ2n) is 5.03. The molecule has 0 saturated heterocycles. The molecule has 0 aliphatic heterocycles. The normalized spacial score (nSPS) is 10.3. The topological polar surface area (TPSA) is 61.8 Å². The Morgan fingerprint density at radius 2 is 1.92 bits per heavy atom. The number of rotatable bonds is 6. The number of benzene rings is 2. The van der Waals surface area contributed by atoms with Gasteiger partial charge >= 0.3 is 6.03 Å². The molecule has 2 N–H and O–H groups in total. The van der Waals surface area contributed by atoms with E-state index in [2.05, 4.69) is 10.1 Å². The van der Waals surface area contributed by atoms with Crippen molar-refractivity contribution in [2.24, 2.45) is 0 Å². The van der Waals surface area contributed by atoms with Gasteiger partial charge in [-0.25, -0.2) is 13.6 Å². The minimum Gasteiger partial charge on any atom is -0.494 e. The average molecular weight is 336 g/mol. The summed E-state index contributed by atoms with van der Waals surface area (Å²) in [5, 5.41) is 11.4. The van der Waals surface area contributed by atoms with Crippen LogP contribution >= 0.6 is 0 Å². The molecule has 0 spiro atoms. The number of nitrogens with zero attached hydrogens (tertiary/aromatic N) is 1. The number of carbonyl (C=O) groups is 1. The van der Waals surface area contributed by atoms with Crippen molar-refractivity contribution in [3.05, 3.63) is 59.7 Å². The summed E-state index contributed by atoms with van der Waals surface area (Å²) in [6.45, 7) is 0.0359. The second-order valence-corrected chi connectivity index (χ2v) is 5.03. The van der Waals surface area contributed by atoms with E-state index in [0.29, 0.717) is 0 Å². The number of hydrogen-bond acceptors (Lipinski definition) is 3. The third-order valence-corrected chi connectivity index (χ3v) is 3.36. The molecule has 0 aliphatic carbocycles. The quantitative estimate of drug-likeness (QED) is 0.852. The minimum atomic E-state index is -0.815. The van der Waals surface area contributed by atoms with E-state index in [4.69, 9.17) is 5.11 Å². The molecule has 2 aromatic carbocycles. The van der Waals surface area contributed by atoms with Crippen molar-refractivity contribution in [2.75, 3.05) is 25.6 Å². The molecule has 0 heterocycles. The van der Waals surface area contributed by atoms with E-state index >= 15 is 0 Å². The van der Waals surface area contributed by atoms with Gasteiger partial charge in [-0.3, -0.25) is 0 Å². The van der Waals surface area contributed by atoms with Crippen LogP contribution in [0.2, 0.25) is 0 Å². The van der Waals surface area contributed by atoms with Crippen molar-refractivity contribution in [3.63, 3.8) is 0 Å². The van der Waals surface area contributed by atoms with Crippen LogP contribution in [0.15, 0.2) is 42.5 Å². The Bertz CT molecular complexity index is 696. The van der Waals surface area contributed by atoms with E-state index in [1.54, 1.807) is 0 Å². The molecule has 7 heteroatoms. The Balaban J connectivity index is 2.14. The molecule has 24 heavy (non-hydrogen) atoms. The smallest absolute Gasteiger partial charge is 0.322 e. The predicted molar refractivity (Wildman–Crippen MR) is 85.9 cm³/mol. The number of ether oxygens (including phenoxy) is 1. The third kappa shape index (κ3) is 4.42. The lowest BCUT2D eigenvalue weighted by molar-refractivity contribution is 0.185. The minimum absolute atomic E-state index is 0.0565. The Morgan fingerprint density at radius 3 is 2.54 bits per heavy atom. The third-order valence-electron chi connectivity index (χ3n) is 3.36. The fourth-order valence-corrected chi connectivity index (χ4v) is 2.15. The molecule has 0 saturated carbocycles. The van der Waals surface area contributed by atoms with Gasteiger partial charge in [-0.1, -0.05) is 30.3 Å². The van der Waals surface area contributed by atoms with Crippen LogP contribution in [0.1, 0.15) is 5.56 Å². The van der Waals surface area contributed by atoms with E-state index in [0.717, 1.165) is 17.7 Å². The fraction of sp³-hybridized carbons (Fsp3) is 0.235. The summed E-state index contributed by atoms with van der Waals surface area (Å²) in [5.74, 6) is -1.85. The SMILES string of the molecule is COc1cc(F)c(NC(=O)N(CCO)Cc2ccccc2)cc1F. The number of amides is 2. The van der Waals surface area contributed by atoms with Crippen molar-refractivity contribution in [1.29, 1.82) is 0 Å². The maximum atomic E-state index is 13.9. The molecule has 2 rings (SSSR count). The first-order valence-electron chi connectivity index (χ1n) is 7.29. The van der Waals surface area contributed by atoms with Crippen molar-refractivity contribution in [2.45, 2.75) is 6.54 Å². The van der Waals surface area contributed by atoms with Crippen molar-refractivity contribution < 1.29 is 23.4 Å². The molecule has 0 aromatic heterocycles. The molecule has 128 valence electrons. The van der Waals surface area contributed by atoms with E-state index in [1.165, 1.54) is 12.0 Å². The summed E-state index contributed by atoms with van der Waals surface area (Å²) in [6.07, 6.45) is 0. The van der Waals surface area contributed by atoms with E-state index in [9.17, 15) is 13.6 Å². The standard InChI is InChI=1S/C17H18F2N2O3/c1-24-16-10-13(18)15(9-14(16)19)20-17(23)21(7-8-22)11-12-5-3-2-4-6-12/h2-6,9-10,22H,7-8,11H2,1H3,(H,20,23). The predicted octanol–water partition coefficient (Wildman–Crippen LogP) is 3.00. The number of hydrogen-bond donors (Lipinski definition) is 2.